The monoisotopic (exact) mass is 533 g/mol. The maximum absolute atomic E-state index is 12.1. The molecule has 2 aromatic carbocycles. The van der Waals surface area contributed by atoms with Gasteiger partial charge < -0.3 is 9.30 Å². The third-order valence-electron chi connectivity index (χ3n) is 4.69. The Morgan fingerprint density at radius 1 is 1.17 bits per heavy atom. The van der Waals surface area contributed by atoms with Gasteiger partial charge in [-0.3, -0.25) is 4.79 Å². The van der Waals surface area contributed by atoms with Gasteiger partial charge in [0.1, 0.15) is 5.75 Å². The lowest BCUT2D eigenvalue weighted by Gasteiger charge is -2.11. The zero-order valence-corrected chi connectivity index (χ0v) is 20.4. The van der Waals surface area contributed by atoms with Crippen LogP contribution in [0, 0.1) is 24.3 Å². The Morgan fingerprint density at radius 2 is 1.90 bits per heavy atom. The zero-order chi connectivity index (χ0) is 21.7. The lowest BCUT2D eigenvalue weighted by Crippen LogP contribution is -2.19. The quantitative estimate of drug-likeness (QED) is 0.195. The standard InChI is InChI=1S/C23H24IN3O2S/c1-15-11-19(5-10-22(15)24)27-16(2)12-18(17(27)3)13-25-26-23(28)14-30-21-8-6-20(29-4)7-9-21/h5-13H,14H2,1-4H3,(H,26,28)/b25-13+. The van der Waals surface area contributed by atoms with Crippen molar-refractivity contribution in [2.75, 3.05) is 12.9 Å². The van der Waals surface area contributed by atoms with E-state index in [0.717, 1.165) is 33.3 Å². The van der Waals surface area contributed by atoms with E-state index in [9.17, 15) is 4.79 Å². The lowest BCUT2D eigenvalue weighted by atomic mass is 10.2. The molecule has 5 nitrogen and oxygen atoms in total. The van der Waals surface area contributed by atoms with Gasteiger partial charge in [-0.15, -0.1) is 11.8 Å². The van der Waals surface area contributed by atoms with E-state index in [-0.39, 0.29) is 5.91 Å². The summed E-state index contributed by atoms with van der Waals surface area (Å²) in [6.07, 6.45) is 1.70. The molecule has 0 fully saturated rings. The van der Waals surface area contributed by atoms with Crippen LogP contribution in [0.4, 0.5) is 0 Å². The molecular formula is C23H24IN3O2S. The number of thioether (sulfide) groups is 1. The molecule has 0 radical (unpaired) electrons. The average molecular weight is 533 g/mol. The molecule has 1 heterocycles. The van der Waals surface area contributed by atoms with Crippen LogP contribution < -0.4 is 10.2 Å². The van der Waals surface area contributed by atoms with Gasteiger partial charge in [0.2, 0.25) is 5.91 Å². The van der Waals surface area contributed by atoms with E-state index in [1.165, 1.54) is 20.9 Å². The third kappa shape index (κ3) is 5.46. The summed E-state index contributed by atoms with van der Waals surface area (Å²) in [7, 11) is 1.63. The number of hydrazone groups is 1. The van der Waals surface area contributed by atoms with Crippen LogP contribution in [0.5, 0.6) is 5.75 Å². The van der Waals surface area contributed by atoms with Crippen LogP contribution in [0.15, 0.2) is 58.5 Å². The third-order valence-corrected chi connectivity index (χ3v) is 6.91. The Balaban J connectivity index is 1.61. The van der Waals surface area contributed by atoms with Crippen LogP contribution in [-0.2, 0) is 4.79 Å². The van der Waals surface area contributed by atoms with Gasteiger partial charge in [-0.1, -0.05) is 0 Å². The molecule has 0 spiro atoms. The average Bonchev–Trinajstić information content (AvgIpc) is 3.02. The topological polar surface area (TPSA) is 55.6 Å². The van der Waals surface area contributed by atoms with Gasteiger partial charge in [-0.05, 0) is 97.5 Å². The Kier molecular flexibility index (Phi) is 7.60. The van der Waals surface area contributed by atoms with E-state index in [0.29, 0.717) is 5.75 Å². The molecule has 0 aliphatic carbocycles. The number of rotatable bonds is 7. The van der Waals surface area contributed by atoms with Crippen molar-refractivity contribution in [3.8, 4) is 11.4 Å². The molecule has 1 aromatic heterocycles. The maximum atomic E-state index is 12.1. The number of amides is 1. The fourth-order valence-electron chi connectivity index (χ4n) is 3.11. The van der Waals surface area contributed by atoms with Gasteiger partial charge in [0.25, 0.3) is 0 Å². The minimum absolute atomic E-state index is 0.144. The molecule has 1 amide bonds. The number of aromatic nitrogens is 1. The molecule has 30 heavy (non-hydrogen) atoms. The van der Waals surface area contributed by atoms with Crippen molar-refractivity contribution < 1.29 is 9.53 Å². The highest BCUT2D eigenvalue weighted by molar-refractivity contribution is 14.1. The number of ether oxygens (including phenoxy) is 1. The summed E-state index contributed by atoms with van der Waals surface area (Å²) >= 11 is 3.80. The minimum atomic E-state index is -0.144. The van der Waals surface area contributed by atoms with Crippen molar-refractivity contribution in [1.82, 2.24) is 9.99 Å². The Morgan fingerprint density at radius 3 is 2.57 bits per heavy atom. The van der Waals surface area contributed by atoms with E-state index in [2.05, 4.69) is 82.7 Å². The molecule has 3 aromatic rings. The van der Waals surface area contributed by atoms with Gasteiger partial charge in [0.05, 0.1) is 19.1 Å². The maximum Gasteiger partial charge on any atom is 0.250 e. The van der Waals surface area contributed by atoms with Crippen LogP contribution >= 0.6 is 34.4 Å². The molecule has 0 aliphatic rings. The first kappa shape index (κ1) is 22.4. The number of carbonyl (C=O) groups is 1. The first-order valence-corrected chi connectivity index (χ1v) is 11.5. The highest BCUT2D eigenvalue weighted by Gasteiger charge is 2.10. The van der Waals surface area contributed by atoms with Gasteiger partial charge in [0.15, 0.2) is 0 Å². The predicted molar refractivity (Wildman–Crippen MR) is 132 cm³/mol. The number of halogens is 1. The van der Waals surface area contributed by atoms with Crippen molar-refractivity contribution >= 4 is 46.5 Å². The zero-order valence-electron chi connectivity index (χ0n) is 17.4. The molecule has 1 N–H and O–H groups in total. The number of methoxy groups -OCH3 is 1. The first-order valence-electron chi connectivity index (χ1n) is 9.43. The Bertz CT molecular complexity index is 1070. The summed E-state index contributed by atoms with van der Waals surface area (Å²) in [6, 6.07) is 16.1. The lowest BCUT2D eigenvalue weighted by molar-refractivity contribution is -0.118. The molecule has 3 rings (SSSR count). The number of benzene rings is 2. The van der Waals surface area contributed by atoms with Gasteiger partial charge in [-0.25, -0.2) is 5.43 Å². The van der Waals surface area contributed by atoms with Crippen LogP contribution in [-0.4, -0.2) is 29.6 Å². The second kappa shape index (κ2) is 10.2. The van der Waals surface area contributed by atoms with Crippen molar-refractivity contribution in [2.45, 2.75) is 25.7 Å². The summed E-state index contributed by atoms with van der Waals surface area (Å²) in [5, 5.41) is 4.15. The largest absolute Gasteiger partial charge is 0.497 e. The van der Waals surface area contributed by atoms with Crippen LogP contribution in [0.1, 0.15) is 22.5 Å². The van der Waals surface area contributed by atoms with Crippen LogP contribution in [0.2, 0.25) is 0 Å². The molecule has 0 saturated heterocycles. The second-order valence-electron chi connectivity index (χ2n) is 6.85. The first-order chi connectivity index (χ1) is 14.4. The summed E-state index contributed by atoms with van der Waals surface area (Å²) in [4.78, 5) is 13.1. The van der Waals surface area contributed by atoms with Crippen LogP contribution in [0.3, 0.4) is 0 Å². The molecule has 0 unspecified atom stereocenters. The summed E-state index contributed by atoms with van der Waals surface area (Å²) in [5.74, 6) is 0.950. The van der Waals surface area contributed by atoms with E-state index in [1.54, 1.807) is 13.3 Å². The predicted octanol–water partition coefficient (Wildman–Crippen LogP) is 5.26. The highest BCUT2D eigenvalue weighted by atomic mass is 127. The van der Waals surface area contributed by atoms with Gasteiger partial charge in [-0.2, -0.15) is 5.10 Å². The Labute approximate surface area is 195 Å². The molecule has 156 valence electrons. The van der Waals surface area contributed by atoms with Crippen LogP contribution in [0.25, 0.3) is 5.69 Å². The number of nitrogens with one attached hydrogen (secondary N) is 1. The smallest absolute Gasteiger partial charge is 0.250 e. The summed E-state index contributed by atoms with van der Waals surface area (Å²) < 4.78 is 8.59. The molecular weight excluding hydrogens is 509 g/mol. The molecule has 0 saturated carbocycles. The Hall–Kier alpha value is -2.26. The summed E-state index contributed by atoms with van der Waals surface area (Å²) in [5.41, 5.74) is 8.17. The number of aryl methyl sites for hydroxylation is 2. The van der Waals surface area contributed by atoms with E-state index >= 15 is 0 Å². The molecule has 0 aliphatic heterocycles. The highest BCUT2D eigenvalue weighted by Crippen LogP contribution is 2.23. The number of nitrogens with zero attached hydrogens (tertiary/aromatic N) is 2. The van der Waals surface area contributed by atoms with E-state index in [4.69, 9.17) is 4.74 Å². The molecule has 0 bridgehead atoms. The minimum Gasteiger partial charge on any atom is -0.497 e. The van der Waals surface area contributed by atoms with Gasteiger partial charge in [0, 0.05) is 31.1 Å². The fourth-order valence-corrected chi connectivity index (χ4v) is 4.14. The van der Waals surface area contributed by atoms with Crippen molar-refractivity contribution in [3.05, 3.63) is 74.6 Å². The molecule has 0 atom stereocenters. The normalized spacial score (nSPS) is 11.1. The number of carbonyl (C=O) groups excluding carboxylic acids is 1. The fraction of sp³-hybridized carbons (Fsp3) is 0.217. The van der Waals surface area contributed by atoms with E-state index < -0.39 is 0 Å². The van der Waals surface area contributed by atoms with Crippen molar-refractivity contribution in [1.29, 1.82) is 0 Å². The van der Waals surface area contributed by atoms with E-state index in [1.807, 2.05) is 24.3 Å². The SMILES string of the molecule is COc1ccc(SCC(=O)N/N=C/c2cc(C)n(-c3ccc(I)c(C)c3)c2C)cc1. The number of hydrogen-bond acceptors (Lipinski definition) is 4. The molecule has 7 heteroatoms. The number of hydrogen-bond donors (Lipinski definition) is 1. The van der Waals surface area contributed by atoms with Crippen molar-refractivity contribution in [3.63, 3.8) is 0 Å². The van der Waals surface area contributed by atoms with Gasteiger partial charge >= 0.3 is 0 Å². The second-order valence-corrected chi connectivity index (χ2v) is 9.06. The van der Waals surface area contributed by atoms with Crippen molar-refractivity contribution in [2.24, 2.45) is 5.10 Å². The summed E-state index contributed by atoms with van der Waals surface area (Å²) in [6.45, 7) is 6.24.